The molecule has 2 nitrogen and oxygen atoms in total. The zero-order chi connectivity index (χ0) is 10.3. The van der Waals surface area contributed by atoms with Crippen LogP contribution in [0.2, 0.25) is 0 Å². The van der Waals surface area contributed by atoms with Crippen molar-refractivity contribution in [3.8, 4) is 0 Å². The third kappa shape index (κ3) is 1.65. The fraction of sp³-hybridized carbons (Fsp3) is 0.385. The molecule has 15 heavy (non-hydrogen) atoms. The number of aromatic nitrogens is 1. The van der Waals surface area contributed by atoms with E-state index in [0.29, 0.717) is 0 Å². The highest BCUT2D eigenvalue weighted by molar-refractivity contribution is 5.81. The summed E-state index contributed by atoms with van der Waals surface area (Å²) in [6.07, 6.45) is 2.71. The molecule has 0 radical (unpaired) electrons. The molecule has 1 saturated carbocycles. The van der Waals surface area contributed by atoms with Gasteiger partial charge < -0.3 is 10.3 Å². The highest BCUT2D eigenvalue weighted by Gasteiger charge is 2.24. The van der Waals surface area contributed by atoms with Gasteiger partial charge in [-0.25, -0.2) is 0 Å². The second-order valence-corrected chi connectivity index (χ2v) is 4.45. The Bertz CT molecular complexity index is 480. The molecule has 0 unspecified atom stereocenters. The Kier molecular flexibility index (Phi) is 2.03. The molecule has 0 amide bonds. The van der Waals surface area contributed by atoms with Crippen LogP contribution in [0.1, 0.15) is 30.0 Å². The summed E-state index contributed by atoms with van der Waals surface area (Å²) in [4.78, 5) is 3.51. The molecule has 1 aromatic carbocycles. The molecule has 2 heteroatoms. The molecule has 1 aliphatic rings. The average Bonchev–Trinajstić information content (AvgIpc) is 2.99. The second kappa shape index (κ2) is 3.38. The smallest absolute Gasteiger partial charge is 0.0456 e. The normalized spacial score (nSPS) is 16.1. The molecule has 0 atom stereocenters. The lowest BCUT2D eigenvalue weighted by Crippen LogP contribution is -2.04. The molecule has 78 valence electrons. The molecular formula is C13H16N2. The number of hydrogen-bond acceptors (Lipinski definition) is 1. The van der Waals surface area contributed by atoms with E-state index in [9.17, 15) is 0 Å². The van der Waals surface area contributed by atoms with E-state index in [1.165, 1.54) is 35.0 Å². The highest BCUT2D eigenvalue weighted by Crippen LogP contribution is 2.40. The Morgan fingerprint density at radius 2 is 2.20 bits per heavy atom. The van der Waals surface area contributed by atoms with Crippen LogP contribution in [0.4, 0.5) is 0 Å². The van der Waals surface area contributed by atoms with E-state index in [1.807, 2.05) is 7.05 Å². The molecule has 1 aromatic heterocycles. The first-order valence-corrected chi connectivity index (χ1v) is 5.63. The summed E-state index contributed by atoms with van der Waals surface area (Å²) in [6.45, 7) is 0.944. The third-order valence-electron chi connectivity index (χ3n) is 3.10. The lowest BCUT2D eigenvalue weighted by Gasteiger charge is -1.98. The molecule has 1 aliphatic carbocycles. The van der Waals surface area contributed by atoms with Crippen LogP contribution in [-0.4, -0.2) is 12.0 Å². The molecule has 2 N–H and O–H groups in total. The van der Waals surface area contributed by atoms with Gasteiger partial charge in [0.05, 0.1) is 0 Å². The number of rotatable bonds is 3. The first-order valence-electron chi connectivity index (χ1n) is 5.63. The first kappa shape index (κ1) is 8.98. The van der Waals surface area contributed by atoms with E-state index in [0.717, 1.165) is 12.5 Å². The molecular weight excluding hydrogens is 184 g/mol. The van der Waals surface area contributed by atoms with Crippen LogP contribution in [0.25, 0.3) is 10.9 Å². The molecule has 1 fully saturated rings. The lowest BCUT2D eigenvalue weighted by atomic mass is 10.1. The van der Waals surface area contributed by atoms with Gasteiger partial charge in [-0.1, -0.05) is 6.07 Å². The van der Waals surface area contributed by atoms with Gasteiger partial charge in [-0.2, -0.15) is 0 Å². The van der Waals surface area contributed by atoms with Gasteiger partial charge in [0, 0.05) is 17.8 Å². The topological polar surface area (TPSA) is 27.8 Å². The van der Waals surface area contributed by atoms with Gasteiger partial charge in [-0.15, -0.1) is 0 Å². The van der Waals surface area contributed by atoms with E-state index >= 15 is 0 Å². The standard InChI is InChI=1S/C13H16N2/c1-14-8-9-2-5-12-11(6-9)7-13(15-12)10-3-4-10/h2,5-7,10,14-15H,3-4,8H2,1H3. The van der Waals surface area contributed by atoms with Crippen LogP contribution in [-0.2, 0) is 6.54 Å². The second-order valence-electron chi connectivity index (χ2n) is 4.45. The first-order chi connectivity index (χ1) is 7.36. The third-order valence-corrected chi connectivity index (χ3v) is 3.10. The monoisotopic (exact) mass is 200 g/mol. The summed E-state index contributed by atoms with van der Waals surface area (Å²) in [5.74, 6) is 0.810. The quantitative estimate of drug-likeness (QED) is 0.783. The van der Waals surface area contributed by atoms with Gasteiger partial charge >= 0.3 is 0 Å². The number of H-pyrrole nitrogens is 1. The Balaban J connectivity index is 2.02. The largest absolute Gasteiger partial charge is 0.358 e. The van der Waals surface area contributed by atoms with Crippen molar-refractivity contribution in [2.45, 2.75) is 25.3 Å². The molecule has 0 bridgehead atoms. The number of fused-ring (bicyclic) bond motifs is 1. The number of nitrogens with one attached hydrogen (secondary N) is 2. The van der Waals surface area contributed by atoms with Gasteiger partial charge in [-0.3, -0.25) is 0 Å². The van der Waals surface area contributed by atoms with Gasteiger partial charge in [0.25, 0.3) is 0 Å². The van der Waals surface area contributed by atoms with Crippen LogP contribution in [0, 0.1) is 0 Å². The van der Waals surface area contributed by atoms with Crippen molar-refractivity contribution < 1.29 is 0 Å². The molecule has 0 saturated heterocycles. The van der Waals surface area contributed by atoms with Crippen molar-refractivity contribution in [3.63, 3.8) is 0 Å². The Morgan fingerprint density at radius 1 is 1.33 bits per heavy atom. The highest BCUT2D eigenvalue weighted by atomic mass is 14.8. The Morgan fingerprint density at radius 3 is 2.93 bits per heavy atom. The predicted molar refractivity (Wildman–Crippen MR) is 63.0 cm³/mol. The zero-order valence-corrected chi connectivity index (χ0v) is 9.01. The SMILES string of the molecule is CNCc1ccc2[nH]c(C3CC3)cc2c1. The van der Waals surface area contributed by atoms with Crippen LogP contribution < -0.4 is 5.32 Å². The molecule has 3 rings (SSSR count). The fourth-order valence-corrected chi connectivity index (χ4v) is 2.13. The predicted octanol–water partition coefficient (Wildman–Crippen LogP) is 2.76. The number of benzene rings is 1. The summed E-state index contributed by atoms with van der Waals surface area (Å²) in [5, 5.41) is 4.53. The van der Waals surface area contributed by atoms with Crippen molar-refractivity contribution >= 4 is 10.9 Å². The lowest BCUT2D eigenvalue weighted by molar-refractivity contribution is 0.819. The zero-order valence-electron chi connectivity index (χ0n) is 9.01. The molecule has 0 spiro atoms. The number of hydrogen-bond donors (Lipinski definition) is 2. The van der Waals surface area contributed by atoms with E-state index in [1.54, 1.807) is 0 Å². The van der Waals surface area contributed by atoms with Crippen molar-refractivity contribution in [2.75, 3.05) is 7.05 Å². The molecule has 0 aliphatic heterocycles. The molecule has 2 aromatic rings. The van der Waals surface area contributed by atoms with Crippen LogP contribution >= 0.6 is 0 Å². The van der Waals surface area contributed by atoms with Crippen LogP contribution in [0.15, 0.2) is 24.3 Å². The summed E-state index contributed by atoms with van der Waals surface area (Å²) < 4.78 is 0. The van der Waals surface area contributed by atoms with Gasteiger partial charge in [-0.05, 0) is 55.0 Å². The van der Waals surface area contributed by atoms with Gasteiger partial charge in [0.2, 0.25) is 0 Å². The van der Waals surface area contributed by atoms with E-state index in [2.05, 4.69) is 34.6 Å². The van der Waals surface area contributed by atoms with Crippen molar-refractivity contribution in [1.82, 2.24) is 10.3 Å². The summed E-state index contributed by atoms with van der Waals surface area (Å²) in [7, 11) is 1.98. The van der Waals surface area contributed by atoms with E-state index in [4.69, 9.17) is 0 Å². The summed E-state index contributed by atoms with van der Waals surface area (Å²) >= 11 is 0. The van der Waals surface area contributed by atoms with E-state index < -0.39 is 0 Å². The Hall–Kier alpha value is -1.28. The number of aromatic amines is 1. The maximum atomic E-state index is 3.51. The average molecular weight is 200 g/mol. The van der Waals surface area contributed by atoms with Crippen LogP contribution in [0.5, 0.6) is 0 Å². The summed E-state index contributed by atoms with van der Waals surface area (Å²) in [6, 6.07) is 8.96. The fourth-order valence-electron chi connectivity index (χ4n) is 2.13. The summed E-state index contributed by atoms with van der Waals surface area (Å²) in [5.41, 5.74) is 4.05. The van der Waals surface area contributed by atoms with Crippen molar-refractivity contribution in [2.24, 2.45) is 0 Å². The maximum absolute atomic E-state index is 3.51. The van der Waals surface area contributed by atoms with Crippen LogP contribution in [0.3, 0.4) is 0 Å². The van der Waals surface area contributed by atoms with Gasteiger partial charge in [0.15, 0.2) is 0 Å². The maximum Gasteiger partial charge on any atom is 0.0456 e. The van der Waals surface area contributed by atoms with E-state index in [-0.39, 0.29) is 0 Å². The van der Waals surface area contributed by atoms with Crippen molar-refractivity contribution in [1.29, 1.82) is 0 Å². The molecule has 1 heterocycles. The Labute approximate surface area is 89.7 Å². The minimum Gasteiger partial charge on any atom is -0.358 e. The van der Waals surface area contributed by atoms with Gasteiger partial charge in [0.1, 0.15) is 0 Å². The minimum atomic E-state index is 0.810. The van der Waals surface area contributed by atoms with Crippen molar-refractivity contribution in [3.05, 3.63) is 35.5 Å². The minimum absolute atomic E-state index is 0.810.